The van der Waals surface area contributed by atoms with E-state index in [0.717, 1.165) is 49.6 Å². The van der Waals surface area contributed by atoms with E-state index in [1.807, 2.05) is 25.1 Å². The Hall–Kier alpha value is -1.10. The highest BCUT2D eigenvalue weighted by Gasteiger charge is 2.35. The summed E-state index contributed by atoms with van der Waals surface area (Å²) in [7, 11) is 0. The smallest absolute Gasteiger partial charge is 0.128 e. The van der Waals surface area contributed by atoms with Crippen LogP contribution in [0.4, 0.5) is 0 Å². The van der Waals surface area contributed by atoms with Crippen molar-refractivity contribution < 1.29 is 9.84 Å². The van der Waals surface area contributed by atoms with Gasteiger partial charge in [-0.2, -0.15) is 0 Å². The van der Waals surface area contributed by atoms with E-state index in [9.17, 15) is 5.11 Å². The van der Waals surface area contributed by atoms with Gasteiger partial charge in [-0.05, 0) is 19.0 Å². The normalized spacial score (nSPS) is 27.9. The number of nitrogens with zero attached hydrogens (tertiary/aromatic N) is 2. The Kier molecular flexibility index (Phi) is 3.96. The van der Waals surface area contributed by atoms with Crippen LogP contribution in [0.2, 0.25) is 0 Å². The Morgan fingerprint density at radius 2 is 2.00 bits per heavy atom. The fourth-order valence-corrected chi connectivity index (χ4v) is 3.29. The first-order valence-electron chi connectivity index (χ1n) is 7.57. The molecule has 1 aromatic carbocycles. The lowest BCUT2D eigenvalue weighted by Crippen LogP contribution is -2.54. The third kappa shape index (κ3) is 2.43. The molecule has 3 rings (SSSR count). The molecule has 1 fully saturated rings. The van der Waals surface area contributed by atoms with E-state index in [4.69, 9.17) is 4.74 Å². The minimum Gasteiger partial charge on any atom is -0.491 e. The number of benzene rings is 1. The molecule has 4 heteroatoms. The predicted molar refractivity (Wildman–Crippen MR) is 79.1 cm³/mol. The van der Waals surface area contributed by atoms with E-state index in [1.165, 1.54) is 0 Å². The topological polar surface area (TPSA) is 35.9 Å². The Bertz CT molecular complexity index is 470. The molecule has 2 unspecified atom stereocenters. The molecule has 1 N–H and O–H groups in total. The summed E-state index contributed by atoms with van der Waals surface area (Å²) in [5.74, 6) is 0.878. The van der Waals surface area contributed by atoms with Crippen molar-refractivity contribution in [3.8, 4) is 5.75 Å². The first kappa shape index (κ1) is 13.9. The van der Waals surface area contributed by atoms with Crippen molar-refractivity contribution >= 4 is 0 Å². The molecule has 0 aromatic heterocycles. The van der Waals surface area contributed by atoms with Crippen LogP contribution in [0.15, 0.2) is 18.2 Å². The van der Waals surface area contributed by atoms with Gasteiger partial charge in [-0.15, -0.1) is 0 Å². The van der Waals surface area contributed by atoms with Crippen molar-refractivity contribution in [1.29, 1.82) is 0 Å². The van der Waals surface area contributed by atoms with Crippen molar-refractivity contribution in [3.05, 3.63) is 29.3 Å². The summed E-state index contributed by atoms with van der Waals surface area (Å²) in [5.41, 5.74) is 2.05. The van der Waals surface area contributed by atoms with Crippen LogP contribution in [0.5, 0.6) is 5.75 Å². The molecular formula is C16H24N2O2. The van der Waals surface area contributed by atoms with E-state index in [1.54, 1.807) is 0 Å². The van der Waals surface area contributed by atoms with Crippen LogP contribution in [0, 0.1) is 6.92 Å². The van der Waals surface area contributed by atoms with Crippen molar-refractivity contribution in [3.63, 3.8) is 0 Å². The van der Waals surface area contributed by atoms with Gasteiger partial charge in [0.2, 0.25) is 0 Å². The Morgan fingerprint density at radius 3 is 2.70 bits per heavy atom. The quantitative estimate of drug-likeness (QED) is 0.886. The van der Waals surface area contributed by atoms with Gasteiger partial charge in [0.25, 0.3) is 0 Å². The largest absolute Gasteiger partial charge is 0.491 e. The van der Waals surface area contributed by atoms with Crippen molar-refractivity contribution in [1.82, 2.24) is 9.80 Å². The van der Waals surface area contributed by atoms with Gasteiger partial charge in [0.05, 0.1) is 6.04 Å². The summed E-state index contributed by atoms with van der Waals surface area (Å²) >= 11 is 0. The standard InChI is InChI=1S/C16H24N2O2/c1-3-17-7-9-18(10-8-17)14-11-20-16-12(2)5-4-6-13(16)15(14)19/h4-6,14-15,19H,3,7-11H2,1-2H3. The molecule has 4 nitrogen and oxygen atoms in total. The van der Waals surface area contributed by atoms with E-state index in [0.29, 0.717) is 6.61 Å². The van der Waals surface area contributed by atoms with Gasteiger partial charge >= 0.3 is 0 Å². The van der Waals surface area contributed by atoms with Gasteiger partial charge in [-0.25, -0.2) is 0 Å². The maximum Gasteiger partial charge on any atom is 0.128 e. The molecule has 0 aliphatic carbocycles. The SMILES string of the molecule is CCN1CCN(C2COc3c(C)cccc3C2O)CC1. The summed E-state index contributed by atoms with van der Waals surface area (Å²) in [6.07, 6.45) is -0.438. The molecule has 110 valence electrons. The lowest BCUT2D eigenvalue weighted by atomic mass is 9.95. The van der Waals surface area contributed by atoms with E-state index in [2.05, 4.69) is 16.7 Å². The van der Waals surface area contributed by atoms with E-state index < -0.39 is 6.10 Å². The monoisotopic (exact) mass is 276 g/mol. The fourth-order valence-electron chi connectivity index (χ4n) is 3.29. The molecule has 0 spiro atoms. The second-order valence-electron chi connectivity index (χ2n) is 5.79. The fraction of sp³-hybridized carbons (Fsp3) is 0.625. The number of hydrogen-bond acceptors (Lipinski definition) is 4. The summed E-state index contributed by atoms with van der Waals surface area (Å²) < 4.78 is 5.93. The first-order chi connectivity index (χ1) is 9.70. The van der Waals surface area contributed by atoms with E-state index in [-0.39, 0.29) is 6.04 Å². The van der Waals surface area contributed by atoms with Crippen LogP contribution in [0.1, 0.15) is 24.2 Å². The second kappa shape index (κ2) is 5.72. The Balaban J connectivity index is 1.74. The van der Waals surface area contributed by atoms with Crippen molar-refractivity contribution in [2.75, 3.05) is 39.3 Å². The molecule has 2 heterocycles. The highest BCUT2D eigenvalue weighted by Crippen LogP contribution is 2.36. The van der Waals surface area contributed by atoms with Gasteiger partial charge in [-0.3, -0.25) is 4.90 Å². The molecular weight excluding hydrogens is 252 g/mol. The Morgan fingerprint density at radius 1 is 1.25 bits per heavy atom. The van der Waals surface area contributed by atoms with E-state index >= 15 is 0 Å². The molecule has 1 saturated heterocycles. The number of fused-ring (bicyclic) bond motifs is 1. The first-order valence-corrected chi connectivity index (χ1v) is 7.57. The van der Waals surface area contributed by atoms with Crippen LogP contribution in [0.25, 0.3) is 0 Å². The van der Waals surface area contributed by atoms with Gasteiger partial charge in [0.1, 0.15) is 18.5 Å². The lowest BCUT2D eigenvalue weighted by Gasteiger charge is -2.42. The molecule has 0 radical (unpaired) electrons. The number of aryl methyl sites for hydroxylation is 1. The number of aliphatic hydroxyl groups is 1. The zero-order chi connectivity index (χ0) is 14.1. The molecule has 2 aliphatic rings. The minimum absolute atomic E-state index is 0.0864. The third-order valence-corrected chi connectivity index (χ3v) is 4.65. The van der Waals surface area contributed by atoms with Crippen molar-refractivity contribution in [2.24, 2.45) is 0 Å². The molecule has 0 amide bonds. The average Bonchev–Trinajstić information content (AvgIpc) is 2.49. The maximum absolute atomic E-state index is 10.7. The van der Waals surface area contributed by atoms with Gasteiger partial charge in [-0.1, -0.05) is 25.1 Å². The molecule has 2 aliphatic heterocycles. The zero-order valence-corrected chi connectivity index (χ0v) is 12.4. The van der Waals surface area contributed by atoms with Crippen LogP contribution < -0.4 is 4.74 Å². The second-order valence-corrected chi connectivity index (χ2v) is 5.79. The van der Waals surface area contributed by atoms with Crippen LogP contribution in [0.3, 0.4) is 0 Å². The number of piperazine rings is 1. The summed E-state index contributed by atoms with van der Waals surface area (Å²) in [6, 6.07) is 6.11. The molecule has 1 aromatic rings. The number of likely N-dealkylation sites (N-methyl/N-ethyl adjacent to an activating group) is 1. The Labute approximate surface area is 120 Å². The number of hydrogen-bond donors (Lipinski definition) is 1. The van der Waals surface area contributed by atoms with Crippen LogP contribution in [-0.2, 0) is 0 Å². The predicted octanol–water partition coefficient (Wildman–Crippen LogP) is 1.43. The average molecular weight is 276 g/mol. The third-order valence-electron chi connectivity index (χ3n) is 4.65. The van der Waals surface area contributed by atoms with Gasteiger partial charge in [0, 0.05) is 31.7 Å². The van der Waals surface area contributed by atoms with Crippen LogP contribution in [-0.4, -0.2) is 60.3 Å². The molecule has 2 atom stereocenters. The zero-order valence-electron chi connectivity index (χ0n) is 12.4. The number of rotatable bonds is 2. The highest BCUT2D eigenvalue weighted by atomic mass is 16.5. The van der Waals surface area contributed by atoms with Gasteiger partial charge < -0.3 is 14.7 Å². The maximum atomic E-state index is 10.7. The summed E-state index contributed by atoms with van der Waals surface area (Å²) in [6.45, 7) is 10.1. The van der Waals surface area contributed by atoms with Gasteiger partial charge in [0.15, 0.2) is 0 Å². The molecule has 0 bridgehead atoms. The summed E-state index contributed by atoms with van der Waals surface area (Å²) in [4.78, 5) is 4.83. The number of ether oxygens (including phenoxy) is 1. The molecule has 0 saturated carbocycles. The molecule has 20 heavy (non-hydrogen) atoms. The number of para-hydroxylation sites is 1. The van der Waals surface area contributed by atoms with Crippen LogP contribution >= 0.6 is 0 Å². The summed E-state index contributed by atoms with van der Waals surface area (Å²) in [5, 5.41) is 10.7. The minimum atomic E-state index is -0.438. The lowest BCUT2D eigenvalue weighted by molar-refractivity contribution is -0.0167. The van der Waals surface area contributed by atoms with Crippen molar-refractivity contribution in [2.45, 2.75) is 26.0 Å². The number of aliphatic hydroxyl groups excluding tert-OH is 1. The highest BCUT2D eigenvalue weighted by molar-refractivity contribution is 5.44.